The molecule has 204 valence electrons. The minimum absolute atomic E-state index is 0.0791. The van der Waals surface area contributed by atoms with Crippen LogP contribution in [0.1, 0.15) is 32.8 Å². The molecule has 1 atom stereocenters. The Labute approximate surface area is 219 Å². The third-order valence-electron chi connectivity index (χ3n) is 5.72. The summed E-state index contributed by atoms with van der Waals surface area (Å²) in [6.07, 6.45) is 0.322. The van der Waals surface area contributed by atoms with Gasteiger partial charge < -0.3 is 15.0 Å². The van der Waals surface area contributed by atoms with E-state index in [9.17, 15) is 22.4 Å². The number of amides is 2. The summed E-state index contributed by atoms with van der Waals surface area (Å²) in [4.78, 5) is 28.3. The Kier molecular flexibility index (Phi) is 10.9. The fraction of sp³-hybridized carbons (Fsp3) is 0.462. The molecule has 0 fully saturated rings. The molecule has 1 unspecified atom stereocenters. The van der Waals surface area contributed by atoms with E-state index in [0.717, 1.165) is 26.3 Å². The number of hydrogen-bond donors (Lipinski definition) is 1. The molecule has 11 heteroatoms. The minimum Gasteiger partial charge on any atom is -0.497 e. The van der Waals surface area contributed by atoms with Gasteiger partial charge in [0.2, 0.25) is 11.8 Å². The topological polar surface area (TPSA) is 99.3 Å². The predicted octanol–water partition coefficient (Wildman–Crippen LogP) is 3.03. The Morgan fingerprint density at radius 1 is 1.03 bits per heavy atom. The van der Waals surface area contributed by atoms with Crippen molar-refractivity contribution < 1.29 is 27.1 Å². The quantitative estimate of drug-likeness (QED) is 0.424. The van der Waals surface area contributed by atoms with Crippen molar-refractivity contribution >= 4 is 27.7 Å². The maximum absolute atomic E-state index is 13.8. The van der Waals surface area contributed by atoms with Crippen LogP contribution in [0.5, 0.6) is 5.75 Å². The molecule has 0 aliphatic carbocycles. The van der Waals surface area contributed by atoms with Crippen LogP contribution in [0.4, 0.5) is 10.1 Å². The molecule has 9 nitrogen and oxygen atoms in total. The van der Waals surface area contributed by atoms with Crippen LogP contribution in [0.3, 0.4) is 0 Å². The van der Waals surface area contributed by atoms with Gasteiger partial charge >= 0.3 is 10.2 Å². The van der Waals surface area contributed by atoms with Gasteiger partial charge in [-0.15, -0.1) is 0 Å². The smallest absolute Gasteiger partial charge is 0.304 e. The molecule has 0 aliphatic rings. The molecule has 0 radical (unpaired) electrons. The van der Waals surface area contributed by atoms with E-state index in [0.29, 0.717) is 18.7 Å². The summed E-state index contributed by atoms with van der Waals surface area (Å²) in [5, 5.41) is 2.88. The van der Waals surface area contributed by atoms with E-state index in [1.54, 1.807) is 38.3 Å². The summed E-state index contributed by atoms with van der Waals surface area (Å²) >= 11 is 0. The number of carbonyl (C=O) groups is 2. The van der Waals surface area contributed by atoms with Crippen molar-refractivity contribution in [1.29, 1.82) is 0 Å². The van der Waals surface area contributed by atoms with Crippen LogP contribution in [0, 0.1) is 11.7 Å². The third-order valence-corrected chi connectivity index (χ3v) is 7.54. The molecule has 2 aromatic carbocycles. The standard InChI is InChI=1S/C26H37FN4O5S/c1-7-24(26(33)28-16-19(2)3)30(17-20-8-14-23(36-6)15-9-20)25(32)18-31(37(34,35)29(4)5)22-12-10-21(27)11-13-22/h8-15,19,24H,7,16-18H2,1-6H3,(H,28,33). The van der Waals surface area contributed by atoms with Crippen LogP contribution in [0.15, 0.2) is 48.5 Å². The van der Waals surface area contributed by atoms with Gasteiger partial charge in [0.25, 0.3) is 0 Å². The van der Waals surface area contributed by atoms with Gasteiger partial charge in [-0.05, 0) is 54.3 Å². The number of halogens is 1. The van der Waals surface area contributed by atoms with Crippen molar-refractivity contribution in [1.82, 2.24) is 14.5 Å². The fourth-order valence-corrected chi connectivity index (χ4v) is 4.65. The summed E-state index contributed by atoms with van der Waals surface area (Å²) in [6, 6.07) is 11.1. The molecule has 0 spiro atoms. The lowest BCUT2D eigenvalue weighted by Crippen LogP contribution is -2.53. The Morgan fingerprint density at radius 3 is 2.11 bits per heavy atom. The SMILES string of the molecule is CCC(C(=O)NCC(C)C)N(Cc1ccc(OC)cc1)C(=O)CN(c1ccc(F)cc1)S(=O)(=O)N(C)C. The second-order valence-electron chi connectivity index (χ2n) is 9.21. The van der Waals surface area contributed by atoms with Gasteiger partial charge in [-0.25, -0.2) is 8.70 Å². The first kappa shape index (κ1) is 30.0. The molecular formula is C26H37FN4O5S. The molecule has 1 N–H and O–H groups in total. The third kappa shape index (κ3) is 8.16. The van der Waals surface area contributed by atoms with Gasteiger partial charge in [0.1, 0.15) is 24.2 Å². The summed E-state index contributed by atoms with van der Waals surface area (Å²) in [6.45, 7) is 5.67. The average molecular weight is 537 g/mol. The highest BCUT2D eigenvalue weighted by atomic mass is 32.2. The largest absolute Gasteiger partial charge is 0.497 e. The van der Waals surface area contributed by atoms with Gasteiger partial charge in [-0.2, -0.15) is 12.7 Å². The highest BCUT2D eigenvalue weighted by Gasteiger charge is 2.33. The van der Waals surface area contributed by atoms with Crippen molar-refractivity contribution in [3.8, 4) is 5.75 Å². The molecule has 0 heterocycles. The number of benzene rings is 2. The van der Waals surface area contributed by atoms with E-state index >= 15 is 0 Å². The van der Waals surface area contributed by atoms with E-state index in [2.05, 4.69) is 5.32 Å². The molecule has 0 aliphatic heterocycles. The second-order valence-corrected chi connectivity index (χ2v) is 11.3. The zero-order valence-corrected chi connectivity index (χ0v) is 23.1. The molecule has 37 heavy (non-hydrogen) atoms. The molecular weight excluding hydrogens is 499 g/mol. The second kappa shape index (κ2) is 13.4. The van der Waals surface area contributed by atoms with E-state index < -0.39 is 34.5 Å². The number of ether oxygens (including phenoxy) is 1. The number of nitrogens with zero attached hydrogens (tertiary/aromatic N) is 3. The van der Waals surface area contributed by atoms with Crippen LogP contribution in [-0.2, 0) is 26.3 Å². The average Bonchev–Trinajstić information content (AvgIpc) is 2.86. The number of anilines is 1. The van der Waals surface area contributed by atoms with Crippen molar-refractivity contribution in [3.05, 3.63) is 59.9 Å². The molecule has 0 aromatic heterocycles. The lowest BCUT2D eigenvalue weighted by atomic mass is 10.1. The lowest BCUT2D eigenvalue weighted by Gasteiger charge is -2.34. The van der Waals surface area contributed by atoms with Crippen LogP contribution >= 0.6 is 0 Å². The van der Waals surface area contributed by atoms with Crippen molar-refractivity contribution in [3.63, 3.8) is 0 Å². The molecule has 2 rings (SSSR count). The van der Waals surface area contributed by atoms with Gasteiger partial charge in [0.15, 0.2) is 0 Å². The van der Waals surface area contributed by atoms with Crippen molar-refractivity contribution in [2.24, 2.45) is 5.92 Å². The lowest BCUT2D eigenvalue weighted by molar-refractivity contribution is -0.140. The first-order valence-electron chi connectivity index (χ1n) is 12.1. The van der Waals surface area contributed by atoms with Crippen molar-refractivity contribution in [2.75, 3.05) is 38.6 Å². The maximum Gasteiger partial charge on any atom is 0.304 e. The van der Waals surface area contributed by atoms with E-state index in [1.807, 2.05) is 13.8 Å². The monoisotopic (exact) mass is 536 g/mol. The first-order valence-corrected chi connectivity index (χ1v) is 13.5. The highest BCUT2D eigenvalue weighted by molar-refractivity contribution is 7.90. The van der Waals surface area contributed by atoms with Gasteiger partial charge in [-0.3, -0.25) is 9.59 Å². The fourth-order valence-electron chi connectivity index (χ4n) is 3.59. The van der Waals surface area contributed by atoms with Crippen molar-refractivity contribution in [2.45, 2.75) is 39.8 Å². The molecule has 0 saturated carbocycles. The predicted molar refractivity (Wildman–Crippen MR) is 142 cm³/mol. The first-order chi connectivity index (χ1) is 17.4. The molecule has 0 saturated heterocycles. The molecule has 2 aromatic rings. The normalized spacial score (nSPS) is 12.4. The van der Waals surface area contributed by atoms with Crippen LogP contribution in [0.25, 0.3) is 0 Å². The van der Waals surface area contributed by atoms with Gasteiger partial charge in [-0.1, -0.05) is 32.9 Å². The Hall–Kier alpha value is -3.18. The number of nitrogens with one attached hydrogen (secondary N) is 1. The van der Waals surface area contributed by atoms with Gasteiger partial charge in [0, 0.05) is 27.2 Å². The zero-order chi connectivity index (χ0) is 27.8. The van der Waals surface area contributed by atoms with E-state index in [1.165, 1.54) is 31.1 Å². The summed E-state index contributed by atoms with van der Waals surface area (Å²) in [5.74, 6) is -0.570. The summed E-state index contributed by atoms with van der Waals surface area (Å²) < 4.78 is 46.9. The number of carbonyl (C=O) groups excluding carboxylic acids is 2. The van der Waals surface area contributed by atoms with Crippen LogP contribution in [0.2, 0.25) is 0 Å². The Balaban J connectivity index is 2.47. The van der Waals surface area contributed by atoms with E-state index in [-0.39, 0.29) is 24.1 Å². The Morgan fingerprint density at radius 2 is 1.62 bits per heavy atom. The number of methoxy groups -OCH3 is 1. The summed E-state index contributed by atoms with van der Waals surface area (Å²) in [5.41, 5.74) is 0.873. The highest BCUT2D eigenvalue weighted by Crippen LogP contribution is 2.22. The zero-order valence-electron chi connectivity index (χ0n) is 22.3. The number of hydrogen-bond acceptors (Lipinski definition) is 5. The van der Waals surface area contributed by atoms with Crippen LogP contribution < -0.4 is 14.4 Å². The maximum atomic E-state index is 13.8. The molecule has 0 bridgehead atoms. The van der Waals surface area contributed by atoms with Gasteiger partial charge in [0.05, 0.1) is 12.8 Å². The summed E-state index contributed by atoms with van der Waals surface area (Å²) in [7, 11) is 0.132. The minimum atomic E-state index is -4.11. The number of rotatable bonds is 13. The van der Waals surface area contributed by atoms with E-state index in [4.69, 9.17) is 4.74 Å². The Bertz CT molecular complexity index is 1140. The van der Waals surface area contributed by atoms with Crippen LogP contribution in [-0.4, -0.2) is 69.8 Å². The molecule has 2 amide bonds.